The van der Waals surface area contributed by atoms with Gasteiger partial charge >= 0.3 is 0 Å². The third kappa shape index (κ3) is 2.62. The summed E-state index contributed by atoms with van der Waals surface area (Å²) in [6, 6.07) is 9.42. The molecule has 0 spiro atoms. The highest BCUT2D eigenvalue weighted by molar-refractivity contribution is 9.13. The second-order valence-corrected chi connectivity index (χ2v) is 7.32. The van der Waals surface area contributed by atoms with Gasteiger partial charge in [0.1, 0.15) is 0 Å². The van der Waals surface area contributed by atoms with Gasteiger partial charge in [-0.2, -0.15) is 0 Å². The van der Waals surface area contributed by atoms with Crippen molar-refractivity contribution < 1.29 is 9.84 Å². The van der Waals surface area contributed by atoms with Crippen LogP contribution in [0.1, 0.15) is 18.7 Å². The van der Waals surface area contributed by atoms with E-state index in [1.165, 1.54) is 0 Å². The van der Waals surface area contributed by atoms with Crippen LogP contribution >= 0.6 is 31.9 Å². The number of phenols is 1. The maximum Gasteiger partial charge on any atom is 0.212 e. The lowest BCUT2D eigenvalue weighted by molar-refractivity contribution is 0.314. The number of aliphatic imine (C=N–C) groups is 1. The zero-order valence-electron chi connectivity index (χ0n) is 13.7. The molecule has 0 unspecified atom stereocenters. The maximum absolute atomic E-state index is 10.9. The van der Waals surface area contributed by atoms with Crippen LogP contribution in [0.15, 0.2) is 44.3 Å². The smallest absolute Gasteiger partial charge is 0.212 e. The second-order valence-electron chi connectivity index (χ2n) is 5.67. The quantitative estimate of drug-likeness (QED) is 0.527. The third-order valence-corrected chi connectivity index (χ3v) is 6.10. The van der Waals surface area contributed by atoms with E-state index in [4.69, 9.17) is 10.5 Å². The van der Waals surface area contributed by atoms with Crippen LogP contribution in [0.3, 0.4) is 0 Å². The number of hydrogen-bond donors (Lipinski definition) is 3. The average Bonchev–Trinajstić information content (AvgIpc) is 2.98. The van der Waals surface area contributed by atoms with Crippen LogP contribution in [0.4, 0.5) is 5.95 Å². The Balaban J connectivity index is 2.01. The van der Waals surface area contributed by atoms with Crippen LogP contribution in [0.25, 0.3) is 11.0 Å². The lowest BCUT2D eigenvalue weighted by Gasteiger charge is -2.26. The van der Waals surface area contributed by atoms with Gasteiger partial charge in [0.25, 0.3) is 0 Å². The van der Waals surface area contributed by atoms with Gasteiger partial charge in [0.05, 0.1) is 23.2 Å². The topological polar surface area (TPSA) is 97.7 Å². The highest BCUT2D eigenvalue weighted by Crippen LogP contribution is 2.47. The molecule has 4 N–H and O–H groups in total. The molecule has 9 heteroatoms. The Kier molecular flexibility index (Phi) is 4.28. The summed E-state index contributed by atoms with van der Waals surface area (Å²) in [5.74, 6) is 1.17. The molecular weight excluding hydrogens is 466 g/mol. The summed E-state index contributed by atoms with van der Waals surface area (Å²) in [4.78, 5) is 9.09. The number of benzene rings is 2. The first-order valence-corrected chi connectivity index (χ1v) is 9.50. The summed E-state index contributed by atoms with van der Waals surface area (Å²) in [6.07, 6.45) is -0.607. The second kappa shape index (κ2) is 6.48. The standard InChI is InChI=1S/C17H15Br2N5O2/c1-2-26-11-7-8(18)13(19)12(14(11)25)15-22-16(20)23-17-21-9-5-3-4-6-10(9)24(15)17/h3-7,15,25H,2H2,1H3,(H3,20,21,22,23)/t15-/m0/s1. The molecular formula is C17H15Br2N5O2. The fourth-order valence-electron chi connectivity index (χ4n) is 3.02. The summed E-state index contributed by atoms with van der Waals surface area (Å²) in [7, 11) is 0. The fraction of sp³-hybridized carbons (Fsp3) is 0.176. The summed E-state index contributed by atoms with van der Waals surface area (Å²) in [5.41, 5.74) is 8.20. The van der Waals surface area contributed by atoms with Crippen LogP contribution < -0.4 is 15.8 Å². The van der Waals surface area contributed by atoms with Gasteiger partial charge in [-0.25, -0.2) is 9.98 Å². The number of halogens is 2. The van der Waals surface area contributed by atoms with Crippen molar-refractivity contribution in [1.29, 1.82) is 0 Å². The number of guanidine groups is 1. The largest absolute Gasteiger partial charge is 0.504 e. The minimum atomic E-state index is -0.607. The van der Waals surface area contributed by atoms with Gasteiger partial charge in [-0.05, 0) is 57.0 Å². The highest BCUT2D eigenvalue weighted by Gasteiger charge is 2.31. The molecule has 0 bridgehead atoms. The van der Waals surface area contributed by atoms with E-state index in [1.807, 2.05) is 35.8 Å². The number of nitrogens with two attached hydrogens (primary N) is 1. The number of para-hydroxylation sites is 2. The van der Waals surface area contributed by atoms with E-state index in [-0.39, 0.29) is 11.7 Å². The van der Waals surface area contributed by atoms with Crippen molar-refractivity contribution in [2.24, 2.45) is 10.7 Å². The molecule has 4 rings (SSSR count). The first kappa shape index (κ1) is 17.2. The summed E-state index contributed by atoms with van der Waals surface area (Å²) >= 11 is 7.05. The van der Waals surface area contributed by atoms with Gasteiger partial charge < -0.3 is 15.6 Å². The SMILES string of the molecule is CCOc1cc(Br)c(Br)c([C@H]2N=C(N)Nc3nc4ccccc4n32)c1O. The van der Waals surface area contributed by atoms with Crippen molar-refractivity contribution in [1.82, 2.24) is 9.55 Å². The van der Waals surface area contributed by atoms with Gasteiger partial charge in [-0.1, -0.05) is 12.1 Å². The molecule has 0 saturated heterocycles. The zero-order chi connectivity index (χ0) is 18.4. The molecule has 1 atom stereocenters. The number of fused-ring (bicyclic) bond motifs is 3. The monoisotopic (exact) mass is 479 g/mol. The molecule has 1 aliphatic rings. The molecule has 1 aromatic heterocycles. The van der Waals surface area contributed by atoms with Crippen molar-refractivity contribution in [2.75, 3.05) is 11.9 Å². The van der Waals surface area contributed by atoms with E-state index in [9.17, 15) is 5.11 Å². The molecule has 0 amide bonds. The summed E-state index contributed by atoms with van der Waals surface area (Å²) in [6.45, 7) is 2.29. The number of aromatic nitrogens is 2. The van der Waals surface area contributed by atoms with Gasteiger partial charge in [-0.3, -0.25) is 9.88 Å². The molecule has 134 valence electrons. The van der Waals surface area contributed by atoms with E-state index in [0.29, 0.717) is 28.3 Å². The van der Waals surface area contributed by atoms with E-state index in [0.717, 1.165) is 15.5 Å². The minimum Gasteiger partial charge on any atom is -0.504 e. The van der Waals surface area contributed by atoms with Gasteiger partial charge in [0, 0.05) is 8.95 Å². The molecule has 0 aliphatic carbocycles. The number of rotatable bonds is 3. The van der Waals surface area contributed by atoms with E-state index in [1.54, 1.807) is 6.07 Å². The third-order valence-electron chi connectivity index (χ3n) is 4.09. The Hall–Kier alpha value is -2.26. The molecule has 3 aromatic rings. The molecule has 1 aliphatic heterocycles. The average molecular weight is 481 g/mol. The molecule has 0 fully saturated rings. The van der Waals surface area contributed by atoms with Crippen LogP contribution in [-0.4, -0.2) is 27.2 Å². The maximum atomic E-state index is 10.9. The number of anilines is 1. The van der Waals surface area contributed by atoms with E-state index < -0.39 is 6.17 Å². The van der Waals surface area contributed by atoms with Crippen LogP contribution in [-0.2, 0) is 0 Å². The number of nitrogens with one attached hydrogen (secondary N) is 1. The summed E-state index contributed by atoms with van der Waals surface area (Å²) < 4.78 is 8.88. The Morgan fingerprint density at radius 3 is 2.88 bits per heavy atom. The zero-order valence-corrected chi connectivity index (χ0v) is 16.9. The van der Waals surface area contributed by atoms with E-state index >= 15 is 0 Å². The predicted octanol–water partition coefficient (Wildman–Crippen LogP) is 3.95. The molecule has 0 radical (unpaired) electrons. The van der Waals surface area contributed by atoms with Crippen molar-refractivity contribution in [3.8, 4) is 11.5 Å². The first-order valence-electron chi connectivity index (χ1n) is 7.92. The van der Waals surface area contributed by atoms with Gasteiger partial charge in [-0.15, -0.1) is 0 Å². The lowest BCUT2D eigenvalue weighted by Crippen LogP contribution is -2.31. The number of phenolic OH excluding ortho intramolecular Hbond substituents is 1. The Labute approximate surface area is 166 Å². The fourth-order valence-corrected chi connectivity index (χ4v) is 3.95. The van der Waals surface area contributed by atoms with Crippen molar-refractivity contribution in [2.45, 2.75) is 13.1 Å². The predicted molar refractivity (Wildman–Crippen MR) is 108 cm³/mol. The Morgan fingerprint density at radius 2 is 2.12 bits per heavy atom. The summed E-state index contributed by atoms with van der Waals surface area (Å²) in [5, 5.41) is 13.8. The molecule has 26 heavy (non-hydrogen) atoms. The minimum absolute atomic E-state index is 0.00843. The van der Waals surface area contributed by atoms with E-state index in [2.05, 4.69) is 47.2 Å². The number of hydrogen-bond acceptors (Lipinski definition) is 6. The molecule has 2 heterocycles. The van der Waals surface area contributed by atoms with Crippen molar-refractivity contribution in [3.05, 3.63) is 44.8 Å². The highest BCUT2D eigenvalue weighted by atomic mass is 79.9. The lowest BCUT2D eigenvalue weighted by atomic mass is 10.1. The number of nitrogens with zero attached hydrogens (tertiary/aromatic N) is 3. The molecule has 2 aromatic carbocycles. The Bertz CT molecular complexity index is 1050. The van der Waals surface area contributed by atoms with Crippen molar-refractivity contribution >= 4 is 54.8 Å². The number of imidazole rings is 1. The first-order chi connectivity index (χ1) is 12.5. The van der Waals surface area contributed by atoms with Gasteiger partial charge in [0.2, 0.25) is 5.95 Å². The molecule has 7 nitrogen and oxygen atoms in total. The Morgan fingerprint density at radius 1 is 1.35 bits per heavy atom. The normalized spacial score (nSPS) is 16.1. The van der Waals surface area contributed by atoms with Crippen LogP contribution in [0.2, 0.25) is 0 Å². The number of ether oxygens (including phenoxy) is 1. The van der Waals surface area contributed by atoms with Crippen LogP contribution in [0, 0.1) is 0 Å². The van der Waals surface area contributed by atoms with Crippen LogP contribution in [0.5, 0.6) is 11.5 Å². The van der Waals surface area contributed by atoms with Crippen molar-refractivity contribution in [3.63, 3.8) is 0 Å². The number of aromatic hydroxyl groups is 1. The molecule has 0 saturated carbocycles. The van der Waals surface area contributed by atoms with Gasteiger partial charge in [0.15, 0.2) is 23.6 Å².